The molecule has 4 heteroatoms. The lowest BCUT2D eigenvalue weighted by molar-refractivity contribution is 0.655. The normalized spacial score (nSPS) is 14.6. The standard InChI is InChI=1S/C21H26N4/c1-16-18-7-3-4-8-19(18)24(2)20(16)15-22-13-17-9-10-21(23-14-17)25-11-5-6-12-25/h3-4,7-10,14,22H,5-6,11-13,15H2,1-2H3. The summed E-state index contributed by atoms with van der Waals surface area (Å²) in [6.45, 7) is 6.21. The molecule has 1 aromatic carbocycles. The molecule has 1 aliphatic rings. The third-order valence-corrected chi connectivity index (χ3v) is 5.37. The largest absolute Gasteiger partial charge is 0.357 e. The quantitative estimate of drug-likeness (QED) is 0.771. The number of rotatable bonds is 5. The number of benzene rings is 1. The first-order chi connectivity index (χ1) is 12.2. The molecule has 0 saturated carbocycles. The van der Waals surface area contributed by atoms with E-state index in [4.69, 9.17) is 0 Å². The summed E-state index contributed by atoms with van der Waals surface area (Å²) < 4.78 is 2.30. The van der Waals surface area contributed by atoms with Crippen molar-refractivity contribution in [3.05, 3.63) is 59.4 Å². The number of anilines is 1. The zero-order valence-corrected chi connectivity index (χ0v) is 15.1. The summed E-state index contributed by atoms with van der Waals surface area (Å²) in [6, 6.07) is 13.0. The van der Waals surface area contributed by atoms with Gasteiger partial charge in [-0.05, 0) is 43.0 Å². The van der Waals surface area contributed by atoms with E-state index < -0.39 is 0 Å². The van der Waals surface area contributed by atoms with E-state index in [1.807, 2.05) is 6.20 Å². The van der Waals surface area contributed by atoms with E-state index in [1.165, 1.54) is 40.6 Å². The van der Waals surface area contributed by atoms with E-state index in [0.717, 1.165) is 32.0 Å². The van der Waals surface area contributed by atoms with Crippen LogP contribution in [0.3, 0.4) is 0 Å². The first-order valence-electron chi connectivity index (χ1n) is 9.17. The number of nitrogens with one attached hydrogen (secondary N) is 1. The molecule has 4 nitrogen and oxygen atoms in total. The van der Waals surface area contributed by atoms with Gasteiger partial charge in [0.15, 0.2) is 0 Å². The molecule has 0 bridgehead atoms. The van der Waals surface area contributed by atoms with Gasteiger partial charge in [0.05, 0.1) is 0 Å². The fourth-order valence-corrected chi connectivity index (χ4v) is 3.87. The van der Waals surface area contributed by atoms with E-state index in [0.29, 0.717) is 0 Å². The molecule has 1 N–H and O–H groups in total. The average molecular weight is 334 g/mol. The molecule has 1 aliphatic heterocycles. The Morgan fingerprint density at radius 1 is 1.04 bits per heavy atom. The Morgan fingerprint density at radius 2 is 1.84 bits per heavy atom. The van der Waals surface area contributed by atoms with Gasteiger partial charge in [0.1, 0.15) is 5.82 Å². The second-order valence-electron chi connectivity index (χ2n) is 6.97. The third-order valence-electron chi connectivity index (χ3n) is 5.37. The van der Waals surface area contributed by atoms with Crippen molar-refractivity contribution in [1.82, 2.24) is 14.9 Å². The van der Waals surface area contributed by atoms with Crippen LogP contribution in [0, 0.1) is 6.92 Å². The summed E-state index contributed by atoms with van der Waals surface area (Å²) in [5, 5.41) is 4.92. The molecule has 0 spiro atoms. The highest BCUT2D eigenvalue weighted by molar-refractivity contribution is 5.85. The van der Waals surface area contributed by atoms with Gasteiger partial charge >= 0.3 is 0 Å². The molecule has 25 heavy (non-hydrogen) atoms. The Morgan fingerprint density at radius 3 is 2.56 bits per heavy atom. The maximum absolute atomic E-state index is 4.64. The molecule has 0 aliphatic carbocycles. The maximum atomic E-state index is 4.64. The highest BCUT2D eigenvalue weighted by Crippen LogP contribution is 2.24. The van der Waals surface area contributed by atoms with Gasteiger partial charge in [0.2, 0.25) is 0 Å². The smallest absolute Gasteiger partial charge is 0.128 e. The van der Waals surface area contributed by atoms with Crippen molar-refractivity contribution in [2.75, 3.05) is 18.0 Å². The maximum Gasteiger partial charge on any atom is 0.128 e. The van der Waals surface area contributed by atoms with Crippen LogP contribution in [0.1, 0.15) is 29.7 Å². The molecule has 2 aromatic heterocycles. The highest BCUT2D eigenvalue weighted by Gasteiger charge is 2.13. The van der Waals surface area contributed by atoms with Crippen molar-refractivity contribution in [2.45, 2.75) is 32.9 Å². The minimum absolute atomic E-state index is 0.842. The Bertz CT molecular complexity index is 818. The number of aromatic nitrogens is 2. The number of aryl methyl sites for hydroxylation is 2. The zero-order chi connectivity index (χ0) is 17.2. The summed E-state index contributed by atoms with van der Waals surface area (Å²) in [5.41, 5.74) is 5.25. The molecule has 0 amide bonds. The van der Waals surface area contributed by atoms with Crippen molar-refractivity contribution < 1.29 is 0 Å². The van der Waals surface area contributed by atoms with Crippen molar-refractivity contribution in [1.29, 1.82) is 0 Å². The summed E-state index contributed by atoms with van der Waals surface area (Å²) in [5.74, 6) is 1.12. The molecule has 3 heterocycles. The van der Waals surface area contributed by atoms with Crippen LogP contribution in [0.15, 0.2) is 42.6 Å². The highest BCUT2D eigenvalue weighted by atomic mass is 15.2. The lowest BCUT2D eigenvalue weighted by atomic mass is 10.1. The number of nitrogens with zero attached hydrogens (tertiary/aromatic N) is 3. The monoisotopic (exact) mass is 334 g/mol. The molecule has 0 radical (unpaired) electrons. The van der Waals surface area contributed by atoms with Crippen LogP contribution < -0.4 is 10.2 Å². The number of para-hydroxylation sites is 1. The van der Waals surface area contributed by atoms with Crippen molar-refractivity contribution in [3.8, 4) is 0 Å². The number of hydrogen-bond donors (Lipinski definition) is 1. The zero-order valence-electron chi connectivity index (χ0n) is 15.1. The Labute approximate surface area is 149 Å². The second kappa shape index (κ2) is 6.89. The lowest BCUT2D eigenvalue weighted by Crippen LogP contribution is -2.19. The molecule has 1 saturated heterocycles. The van der Waals surface area contributed by atoms with Crippen molar-refractivity contribution >= 4 is 16.7 Å². The average Bonchev–Trinajstić information content (AvgIpc) is 3.26. The van der Waals surface area contributed by atoms with E-state index >= 15 is 0 Å². The summed E-state index contributed by atoms with van der Waals surface area (Å²) in [7, 11) is 2.15. The topological polar surface area (TPSA) is 33.1 Å². The van der Waals surface area contributed by atoms with Crippen LogP contribution in [0.5, 0.6) is 0 Å². The minimum atomic E-state index is 0.842. The SMILES string of the molecule is Cc1c(CNCc2ccc(N3CCCC3)nc2)n(C)c2ccccc12. The molecule has 1 fully saturated rings. The Kier molecular flexibility index (Phi) is 4.45. The van der Waals surface area contributed by atoms with E-state index in [9.17, 15) is 0 Å². The van der Waals surface area contributed by atoms with Crippen LogP contribution in [-0.4, -0.2) is 22.6 Å². The Balaban J connectivity index is 1.41. The van der Waals surface area contributed by atoms with Crippen LogP contribution in [0.2, 0.25) is 0 Å². The molecule has 0 atom stereocenters. The first-order valence-corrected chi connectivity index (χ1v) is 9.17. The van der Waals surface area contributed by atoms with E-state index in [1.54, 1.807) is 0 Å². The molecular weight excluding hydrogens is 308 g/mol. The number of pyridine rings is 1. The third kappa shape index (κ3) is 3.14. The fourth-order valence-electron chi connectivity index (χ4n) is 3.87. The molecule has 0 unspecified atom stereocenters. The van der Waals surface area contributed by atoms with Gasteiger partial charge in [0.25, 0.3) is 0 Å². The predicted octanol–water partition coefficient (Wildman–Crippen LogP) is 3.77. The second-order valence-corrected chi connectivity index (χ2v) is 6.97. The number of fused-ring (bicyclic) bond motifs is 1. The van der Waals surface area contributed by atoms with Crippen LogP contribution in [0.25, 0.3) is 10.9 Å². The van der Waals surface area contributed by atoms with Crippen LogP contribution >= 0.6 is 0 Å². The Hall–Kier alpha value is -2.33. The van der Waals surface area contributed by atoms with Gasteiger partial charge in [-0.25, -0.2) is 4.98 Å². The predicted molar refractivity (Wildman–Crippen MR) is 104 cm³/mol. The molecule has 4 rings (SSSR count). The molecule has 130 valence electrons. The molecular formula is C21H26N4. The van der Waals surface area contributed by atoms with Crippen molar-refractivity contribution in [2.24, 2.45) is 7.05 Å². The summed E-state index contributed by atoms with van der Waals surface area (Å²) in [4.78, 5) is 7.01. The van der Waals surface area contributed by atoms with Gasteiger partial charge in [-0.2, -0.15) is 0 Å². The van der Waals surface area contributed by atoms with E-state index in [2.05, 4.69) is 70.1 Å². The van der Waals surface area contributed by atoms with Crippen LogP contribution in [-0.2, 0) is 20.1 Å². The number of hydrogen-bond acceptors (Lipinski definition) is 3. The fraction of sp³-hybridized carbons (Fsp3) is 0.381. The van der Waals surface area contributed by atoms with Gasteiger partial charge < -0.3 is 14.8 Å². The minimum Gasteiger partial charge on any atom is -0.357 e. The van der Waals surface area contributed by atoms with Crippen molar-refractivity contribution in [3.63, 3.8) is 0 Å². The summed E-state index contributed by atoms with van der Waals surface area (Å²) >= 11 is 0. The van der Waals surface area contributed by atoms with Gasteiger partial charge in [-0.15, -0.1) is 0 Å². The van der Waals surface area contributed by atoms with Gasteiger partial charge in [-0.1, -0.05) is 24.3 Å². The van der Waals surface area contributed by atoms with E-state index in [-0.39, 0.29) is 0 Å². The van der Waals surface area contributed by atoms with Gasteiger partial charge in [-0.3, -0.25) is 0 Å². The lowest BCUT2D eigenvalue weighted by Gasteiger charge is -2.16. The molecule has 3 aromatic rings. The summed E-state index contributed by atoms with van der Waals surface area (Å²) in [6.07, 6.45) is 4.58. The van der Waals surface area contributed by atoms with Crippen LogP contribution in [0.4, 0.5) is 5.82 Å². The van der Waals surface area contributed by atoms with Gasteiger partial charge in [0, 0.05) is 56.0 Å². The first kappa shape index (κ1) is 16.2.